The molecule has 0 bridgehead atoms. The van der Waals surface area contributed by atoms with Crippen LogP contribution < -0.4 is 4.74 Å². The topological polar surface area (TPSA) is 43.2 Å². The van der Waals surface area contributed by atoms with E-state index in [1.165, 1.54) is 29.5 Å². The molecule has 129 valence electrons. The van der Waals surface area contributed by atoms with Crippen molar-refractivity contribution in [2.75, 3.05) is 20.2 Å². The lowest BCUT2D eigenvalue weighted by atomic mass is 9.89. The molecule has 0 unspecified atom stereocenters. The van der Waals surface area contributed by atoms with Crippen LogP contribution >= 0.6 is 0 Å². The molecular weight excluding hydrogens is 312 g/mol. The second-order valence-corrected chi connectivity index (χ2v) is 6.78. The van der Waals surface area contributed by atoms with Gasteiger partial charge in [-0.05, 0) is 55.1 Å². The number of nitrogens with zero attached hydrogens (tertiary/aromatic N) is 4. The molecule has 2 aromatic heterocycles. The predicted molar refractivity (Wildman–Crippen MR) is 97.6 cm³/mol. The molecule has 5 heteroatoms. The van der Waals surface area contributed by atoms with Crippen molar-refractivity contribution in [1.82, 2.24) is 19.4 Å². The Balaban J connectivity index is 1.39. The van der Waals surface area contributed by atoms with E-state index < -0.39 is 0 Å². The van der Waals surface area contributed by atoms with Crippen LogP contribution in [-0.2, 0) is 13.6 Å². The van der Waals surface area contributed by atoms with Crippen LogP contribution in [-0.4, -0.2) is 39.6 Å². The largest absolute Gasteiger partial charge is 0.481 e. The van der Waals surface area contributed by atoms with Gasteiger partial charge in [0.15, 0.2) is 6.33 Å². The number of benzene rings is 1. The van der Waals surface area contributed by atoms with Crippen LogP contribution in [0.2, 0.25) is 0 Å². The number of methoxy groups -OCH3 is 1. The van der Waals surface area contributed by atoms with Crippen LogP contribution in [0.3, 0.4) is 0 Å². The molecule has 1 saturated heterocycles. The third kappa shape index (κ3) is 3.37. The summed E-state index contributed by atoms with van der Waals surface area (Å²) in [6.07, 6.45) is 7.29. The van der Waals surface area contributed by atoms with Gasteiger partial charge in [-0.2, -0.15) is 0 Å². The van der Waals surface area contributed by atoms with E-state index in [0.717, 1.165) is 25.2 Å². The van der Waals surface area contributed by atoms with Crippen LogP contribution in [0.25, 0.3) is 11.0 Å². The van der Waals surface area contributed by atoms with Crippen LogP contribution in [0.5, 0.6) is 5.88 Å². The van der Waals surface area contributed by atoms with E-state index in [2.05, 4.69) is 45.5 Å². The van der Waals surface area contributed by atoms with E-state index in [9.17, 15) is 0 Å². The number of pyridine rings is 1. The normalized spacial score (nSPS) is 16.4. The summed E-state index contributed by atoms with van der Waals surface area (Å²) in [6.45, 7) is 3.19. The van der Waals surface area contributed by atoms with Crippen molar-refractivity contribution in [3.63, 3.8) is 0 Å². The first kappa shape index (κ1) is 16.1. The lowest BCUT2D eigenvalue weighted by Gasteiger charge is -2.32. The molecule has 0 N–H and O–H groups in total. The Kier molecular flexibility index (Phi) is 4.40. The maximum absolute atomic E-state index is 5.12. The Labute approximate surface area is 148 Å². The number of piperidine rings is 1. The fourth-order valence-corrected chi connectivity index (χ4v) is 3.65. The molecular formula is C20H23N4O. The van der Waals surface area contributed by atoms with Gasteiger partial charge >= 0.3 is 0 Å². The van der Waals surface area contributed by atoms with Gasteiger partial charge in [0.05, 0.1) is 18.1 Å². The quantitative estimate of drug-likeness (QED) is 0.734. The zero-order chi connectivity index (χ0) is 17.2. The number of rotatable bonds is 4. The number of hydrogen-bond acceptors (Lipinski definition) is 4. The molecule has 0 amide bonds. The van der Waals surface area contributed by atoms with Crippen molar-refractivity contribution >= 4 is 11.0 Å². The first-order valence-electron chi connectivity index (χ1n) is 8.78. The SMILES string of the molecule is COc1ccc(CN2CCC(c3ccc4n[c]n(C)c4c3)CC2)cn1. The number of imidazole rings is 1. The molecule has 1 aliphatic rings. The fourth-order valence-electron chi connectivity index (χ4n) is 3.65. The Hall–Kier alpha value is -2.40. The van der Waals surface area contributed by atoms with Gasteiger partial charge < -0.3 is 9.30 Å². The maximum atomic E-state index is 5.12. The molecule has 4 rings (SSSR count). The molecule has 0 aliphatic carbocycles. The average molecular weight is 335 g/mol. The highest BCUT2D eigenvalue weighted by Crippen LogP contribution is 2.30. The van der Waals surface area contributed by atoms with E-state index in [0.29, 0.717) is 11.8 Å². The summed E-state index contributed by atoms with van der Waals surface area (Å²) in [6, 6.07) is 10.7. The van der Waals surface area contributed by atoms with Crippen molar-refractivity contribution in [2.45, 2.75) is 25.3 Å². The summed E-state index contributed by atoms with van der Waals surface area (Å²) < 4.78 is 7.10. The molecule has 3 heterocycles. The smallest absolute Gasteiger partial charge is 0.212 e. The minimum Gasteiger partial charge on any atom is -0.481 e. The monoisotopic (exact) mass is 335 g/mol. The van der Waals surface area contributed by atoms with E-state index in [-0.39, 0.29) is 0 Å². The third-order valence-electron chi connectivity index (χ3n) is 5.15. The highest BCUT2D eigenvalue weighted by atomic mass is 16.5. The van der Waals surface area contributed by atoms with E-state index in [4.69, 9.17) is 4.74 Å². The second kappa shape index (κ2) is 6.84. The number of aromatic nitrogens is 3. The van der Waals surface area contributed by atoms with Gasteiger partial charge in [-0.3, -0.25) is 4.90 Å². The van der Waals surface area contributed by atoms with Crippen molar-refractivity contribution in [2.24, 2.45) is 7.05 Å². The van der Waals surface area contributed by atoms with Gasteiger partial charge in [0, 0.05) is 25.9 Å². The minimum absolute atomic E-state index is 0.629. The Morgan fingerprint density at radius 2 is 2.04 bits per heavy atom. The molecule has 0 atom stereocenters. The van der Waals surface area contributed by atoms with Gasteiger partial charge in [-0.25, -0.2) is 9.97 Å². The number of ether oxygens (including phenoxy) is 1. The molecule has 5 nitrogen and oxygen atoms in total. The lowest BCUT2D eigenvalue weighted by molar-refractivity contribution is 0.204. The predicted octanol–water partition coefficient (Wildman–Crippen LogP) is 3.16. The van der Waals surface area contributed by atoms with E-state index >= 15 is 0 Å². The fraction of sp³-hybridized carbons (Fsp3) is 0.400. The van der Waals surface area contributed by atoms with E-state index in [1.807, 2.05) is 23.9 Å². The minimum atomic E-state index is 0.629. The number of fused-ring (bicyclic) bond motifs is 1. The van der Waals surface area contributed by atoms with Gasteiger partial charge in [0.2, 0.25) is 5.88 Å². The van der Waals surface area contributed by atoms with Crippen LogP contribution in [0, 0.1) is 6.33 Å². The molecule has 1 aromatic carbocycles. The second-order valence-electron chi connectivity index (χ2n) is 6.78. The summed E-state index contributed by atoms with van der Waals surface area (Å²) in [7, 11) is 3.65. The number of hydrogen-bond donors (Lipinski definition) is 0. The van der Waals surface area contributed by atoms with E-state index in [1.54, 1.807) is 7.11 Å². The van der Waals surface area contributed by atoms with Crippen molar-refractivity contribution < 1.29 is 4.74 Å². The zero-order valence-electron chi connectivity index (χ0n) is 14.8. The number of likely N-dealkylation sites (tertiary alicyclic amines) is 1. The molecule has 25 heavy (non-hydrogen) atoms. The Morgan fingerprint density at radius 3 is 2.76 bits per heavy atom. The maximum Gasteiger partial charge on any atom is 0.212 e. The summed E-state index contributed by atoms with van der Waals surface area (Å²) >= 11 is 0. The molecule has 0 spiro atoms. The first-order valence-corrected chi connectivity index (χ1v) is 8.78. The molecule has 1 aliphatic heterocycles. The van der Waals surface area contributed by atoms with Gasteiger partial charge in [0.1, 0.15) is 0 Å². The Morgan fingerprint density at radius 1 is 1.20 bits per heavy atom. The lowest BCUT2D eigenvalue weighted by Crippen LogP contribution is -2.32. The summed E-state index contributed by atoms with van der Waals surface area (Å²) in [5, 5.41) is 0. The molecule has 1 radical (unpaired) electrons. The van der Waals surface area contributed by atoms with Gasteiger partial charge in [0.25, 0.3) is 0 Å². The van der Waals surface area contributed by atoms with Crippen molar-refractivity contribution in [1.29, 1.82) is 0 Å². The zero-order valence-corrected chi connectivity index (χ0v) is 14.8. The van der Waals surface area contributed by atoms with Crippen molar-refractivity contribution in [3.05, 3.63) is 54.0 Å². The molecule has 1 fully saturated rings. The third-order valence-corrected chi connectivity index (χ3v) is 5.15. The van der Waals surface area contributed by atoms with Crippen LogP contribution in [0.4, 0.5) is 0 Å². The first-order chi connectivity index (χ1) is 12.2. The molecule has 3 aromatic rings. The standard InChI is InChI=1S/C20H23N4O/c1-23-14-22-18-5-4-17(11-19(18)23)16-7-9-24(10-8-16)13-15-3-6-20(25-2)21-12-15/h3-6,11-12,16H,7-10,13H2,1-2H3. The highest BCUT2D eigenvalue weighted by molar-refractivity contribution is 5.76. The highest BCUT2D eigenvalue weighted by Gasteiger charge is 2.21. The van der Waals surface area contributed by atoms with Gasteiger partial charge in [-0.15, -0.1) is 0 Å². The summed E-state index contributed by atoms with van der Waals surface area (Å²) in [4.78, 5) is 11.1. The van der Waals surface area contributed by atoms with Crippen LogP contribution in [0.1, 0.15) is 29.9 Å². The average Bonchev–Trinajstić information content (AvgIpc) is 3.03. The number of aryl methyl sites for hydroxylation is 1. The Bertz CT molecular complexity index is 848. The van der Waals surface area contributed by atoms with Crippen LogP contribution in [0.15, 0.2) is 36.5 Å². The van der Waals surface area contributed by atoms with Gasteiger partial charge in [-0.1, -0.05) is 12.1 Å². The molecule has 0 saturated carbocycles. The summed E-state index contributed by atoms with van der Waals surface area (Å²) in [5.41, 5.74) is 4.86. The summed E-state index contributed by atoms with van der Waals surface area (Å²) in [5.74, 6) is 1.30. The van der Waals surface area contributed by atoms with Crippen molar-refractivity contribution in [3.8, 4) is 5.88 Å².